The summed E-state index contributed by atoms with van der Waals surface area (Å²) in [7, 11) is 1.53. The maximum atomic E-state index is 13.0. The van der Waals surface area contributed by atoms with Crippen LogP contribution in [0.3, 0.4) is 0 Å². The van der Waals surface area contributed by atoms with Crippen LogP contribution in [-0.4, -0.2) is 67.6 Å². The fourth-order valence-corrected chi connectivity index (χ4v) is 4.08. The van der Waals surface area contributed by atoms with Crippen LogP contribution in [-0.2, 0) is 9.53 Å². The van der Waals surface area contributed by atoms with Gasteiger partial charge in [-0.2, -0.15) is 0 Å². The van der Waals surface area contributed by atoms with Gasteiger partial charge in [-0.25, -0.2) is 9.69 Å². The summed E-state index contributed by atoms with van der Waals surface area (Å²) in [4.78, 5) is 63.7. The summed E-state index contributed by atoms with van der Waals surface area (Å²) in [5.74, 6) is -3.71. The number of aromatic carboxylic acids is 1. The van der Waals surface area contributed by atoms with Crippen molar-refractivity contribution in [2.45, 2.75) is 18.9 Å². The summed E-state index contributed by atoms with van der Waals surface area (Å²) < 4.78 is 5.03. The normalized spacial score (nSPS) is 16.8. The molecule has 2 heterocycles. The summed E-state index contributed by atoms with van der Waals surface area (Å²) in [6, 6.07) is 7.60. The lowest BCUT2D eigenvalue weighted by atomic mass is 10.1. The van der Waals surface area contributed by atoms with Gasteiger partial charge in [-0.1, -0.05) is 0 Å². The van der Waals surface area contributed by atoms with Crippen molar-refractivity contribution in [1.82, 2.24) is 10.6 Å². The quantitative estimate of drug-likeness (QED) is 0.323. The zero-order chi connectivity index (χ0) is 25.1. The Bertz CT molecular complexity index is 1220. The first-order chi connectivity index (χ1) is 16.8. The number of hydrogen-bond donors (Lipinski definition) is 4. The first-order valence-corrected chi connectivity index (χ1v) is 11.0. The Morgan fingerprint density at radius 3 is 2.57 bits per heavy atom. The Labute approximate surface area is 200 Å². The molecular formula is C24H24N4O7. The van der Waals surface area contributed by atoms with Gasteiger partial charge in [0.05, 0.1) is 40.6 Å². The van der Waals surface area contributed by atoms with E-state index >= 15 is 0 Å². The summed E-state index contributed by atoms with van der Waals surface area (Å²) >= 11 is 0. The Hall–Kier alpha value is -4.09. The molecule has 0 saturated carbocycles. The van der Waals surface area contributed by atoms with Gasteiger partial charge in [0.25, 0.3) is 17.7 Å². The molecule has 0 aliphatic carbocycles. The van der Waals surface area contributed by atoms with Crippen molar-refractivity contribution < 1.29 is 33.8 Å². The van der Waals surface area contributed by atoms with E-state index < -0.39 is 35.6 Å². The summed E-state index contributed by atoms with van der Waals surface area (Å²) in [6.45, 7) is 1.42. The monoisotopic (exact) mass is 480 g/mol. The second-order valence-corrected chi connectivity index (χ2v) is 8.13. The molecule has 2 aromatic carbocycles. The molecule has 2 aliphatic rings. The molecule has 2 aliphatic heterocycles. The van der Waals surface area contributed by atoms with Crippen molar-refractivity contribution in [3.63, 3.8) is 0 Å². The highest BCUT2D eigenvalue weighted by atomic mass is 16.5. The number of nitrogens with zero attached hydrogens (tertiary/aromatic N) is 1. The molecule has 0 aromatic heterocycles. The highest BCUT2D eigenvalue weighted by Gasteiger charge is 2.38. The van der Waals surface area contributed by atoms with E-state index in [1.165, 1.54) is 37.4 Å². The lowest BCUT2D eigenvalue weighted by Crippen LogP contribution is -2.43. The van der Waals surface area contributed by atoms with E-state index in [0.717, 1.165) is 17.4 Å². The van der Waals surface area contributed by atoms with Gasteiger partial charge in [-0.15, -0.1) is 0 Å². The number of carboxylic acids is 1. The van der Waals surface area contributed by atoms with E-state index in [1.54, 1.807) is 0 Å². The second kappa shape index (κ2) is 10.0. The molecule has 0 unspecified atom stereocenters. The number of fused-ring (bicyclic) bond motifs is 1. The summed E-state index contributed by atoms with van der Waals surface area (Å²) in [5.41, 5.74) is 0.472. The third-order valence-corrected chi connectivity index (χ3v) is 5.87. The minimum absolute atomic E-state index is 0.0364. The number of anilines is 2. The molecule has 0 radical (unpaired) electrons. The lowest BCUT2D eigenvalue weighted by Gasteiger charge is -2.18. The maximum absolute atomic E-state index is 13.0. The van der Waals surface area contributed by atoms with E-state index in [4.69, 9.17) is 4.74 Å². The third-order valence-electron chi connectivity index (χ3n) is 5.87. The maximum Gasteiger partial charge on any atom is 0.335 e. The second-order valence-electron chi connectivity index (χ2n) is 8.13. The van der Waals surface area contributed by atoms with Crippen molar-refractivity contribution in [1.29, 1.82) is 0 Å². The highest BCUT2D eigenvalue weighted by molar-refractivity contribution is 6.35. The average molecular weight is 480 g/mol. The zero-order valence-electron chi connectivity index (χ0n) is 18.9. The van der Waals surface area contributed by atoms with E-state index in [9.17, 15) is 29.1 Å². The van der Waals surface area contributed by atoms with Crippen molar-refractivity contribution in [2.75, 3.05) is 37.0 Å². The molecule has 11 heteroatoms. The van der Waals surface area contributed by atoms with Gasteiger partial charge < -0.3 is 20.5 Å². The molecule has 182 valence electrons. The minimum Gasteiger partial charge on any atom is -0.478 e. The number of benzene rings is 2. The Kier molecular flexibility index (Phi) is 6.90. The van der Waals surface area contributed by atoms with Crippen LogP contribution >= 0.6 is 0 Å². The van der Waals surface area contributed by atoms with E-state index in [1.807, 2.05) is 0 Å². The molecule has 0 spiro atoms. The molecule has 4 amide bonds. The molecule has 1 atom stereocenters. The third kappa shape index (κ3) is 4.77. The van der Waals surface area contributed by atoms with Gasteiger partial charge in [-0.05, 0) is 55.8 Å². The highest BCUT2D eigenvalue weighted by Crippen LogP contribution is 2.31. The molecule has 2 aromatic rings. The van der Waals surface area contributed by atoms with Crippen LogP contribution in [0.25, 0.3) is 0 Å². The number of methoxy groups -OCH3 is 1. The van der Waals surface area contributed by atoms with Gasteiger partial charge in [-0.3, -0.25) is 24.5 Å². The Balaban J connectivity index is 1.65. The number of hydrogen-bond acceptors (Lipinski definition) is 8. The first-order valence-electron chi connectivity index (χ1n) is 11.0. The fraction of sp³-hybridized carbons (Fsp3) is 0.292. The predicted octanol–water partition coefficient (Wildman–Crippen LogP) is 1.25. The predicted molar refractivity (Wildman–Crippen MR) is 125 cm³/mol. The number of nitrogens with one attached hydrogen (secondary N) is 3. The molecule has 4 N–H and O–H groups in total. The van der Waals surface area contributed by atoms with Gasteiger partial charge in [0.15, 0.2) is 0 Å². The zero-order valence-corrected chi connectivity index (χ0v) is 18.9. The number of imide groups is 2. The largest absolute Gasteiger partial charge is 0.478 e. The summed E-state index contributed by atoms with van der Waals surface area (Å²) in [5, 5.41) is 17.7. The molecule has 0 bridgehead atoms. The SMILES string of the molecule is COCCNc1ccc(N2C(=O)c3ccc(C(=O)O)cc3C2=O)cc1C(=O)NC(=O)[C@H]1CCCN1. The standard InChI is InChI=1S/C24H24N4O7/c1-35-10-9-26-18-7-5-14(12-17(18)20(29)27-21(30)19-3-2-8-25-19)28-22(31)15-6-4-13(24(33)34)11-16(15)23(28)32/h4-7,11-12,19,25-26H,2-3,8-10H2,1H3,(H,33,34)(H,27,29,30)/t19-/m1/s1. The van der Waals surface area contributed by atoms with Gasteiger partial charge in [0.2, 0.25) is 5.91 Å². The van der Waals surface area contributed by atoms with Gasteiger partial charge >= 0.3 is 5.97 Å². The Morgan fingerprint density at radius 1 is 1.11 bits per heavy atom. The van der Waals surface area contributed by atoms with Crippen molar-refractivity contribution in [3.05, 3.63) is 58.7 Å². The topological polar surface area (TPSA) is 154 Å². The van der Waals surface area contributed by atoms with Crippen LogP contribution in [0, 0.1) is 0 Å². The first kappa shape index (κ1) is 24.0. The average Bonchev–Trinajstić information content (AvgIpc) is 3.47. The van der Waals surface area contributed by atoms with Crippen LogP contribution in [0.15, 0.2) is 36.4 Å². The van der Waals surface area contributed by atoms with E-state index in [-0.39, 0.29) is 27.9 Å². The number of carbonyl (C=O) groups excluding carboxylic acids is 4. The molecule has 1 saturated heterocycles. The van der Waals surface area contributed by atoms with Crippen LogP contribution in [0.2, 0.25) is 0 Å². The van der Waals surface area contributed by atoms with Gasteiger partial charge in [0.1, 0.15) is 0 Å². The van der Waals surface area contributed by atoms with Crippen LogP contribution < -0.4 is 20.9 Å². The number of carboxylic acid groups (broad SMARTS) is 1. The summed E-state index contributed by atoms with van der Waals surface area (Å²) in [6.07, 6.45) is 1.44. The van der Waals surface area contributed by atoms with Gasteiger partial charge in [0, 0.05) is 19.3 Å². The van der Waals surface area contributed by atoms with Crippen molar-refractivity contribution in [2.24, 2.45) is 0 Å². The molecule has 11 nitrogen and oxygen atoms in total. The van der Waals surface area contributed by atoms with E-state index in [0.29, 0.717) is 31.8 Å². The number of carbonyl (C=O) groups is 5. The molecule has 4 rings (SSSR count). The van der Waals surface area contributed by atoms with E-state index in [2.05, 4.69) is 16.0 Å². The fourth-order valence-electron chi connectivity index (χ4n) is 4.08. The lowest BCUT2D eigenvalue weighted by molar-refractivity contribution is -0.121. The van der Waals surface area contributed by atoms with Crippen molar-refractivity contribution in [3.8, 4) is 0 Å². The Morgan fingerprint density at radius 2 is 1.89 bits per heavy atom. The molecule has 35 heavy (non-hydrogen) atoms. The smallest absolute Gasteiger partial charge is 0.335 e. The molecule has 1 fully saturated rings. The number of ether oxygens (including phenoxy) is 1. The number of amides is 4. The van der Waals surface area contributed by atoms with Crippen molar-refractivity contribution >= 4 is 41.0 Å². The molecular weight excluding hydrogens is 456 g/mol. The van der Waals surface area contributed by atoms with Crippen LogP contribution in [0.1, 0.15) is 54.3 Å². The van der Waals surface area contributed by atoms with Crippen LogP contribution in [0.4, 0.5) is 11.4 Å². The van der Waals surface area contributed by atoms with Crippen LogP contribution in [0.5, 0.6) is 0 Å². The minimum atomic E-state index is -1.22. The number of rotatable bonds is 8.